The van der Waals surface area contributed by atoms with Crippen LogP contribution in [0.25, 0.3) is 0 Å². The summed E-state index contributed by atoms with van der Waals surface area (Å²) in [5.41, 5.74) is 1.83. The fourth-order valence-corrected chi connectivity index (χ4v) is 5.69. The van der Waals surface area contributed by atoms with Crippen LogP contribution in [0.15, 0.2) is 77.3 Å². The van der Waals surface area contributed by atoms with Crippen LogP contribution < -0.4 is 19.1 Å². The number of carbonyl (C=O) groups excluding carboxylic acids is 2. The lowest BCUT2D eigenvalue weighted by Gasteiger charge is -2.34. The van der Waals surface area contributed by atoms with Gasteiger partial charge < -0.3 is 19.7 Å². The number of halogens is 1. The van der Waals surface area contributed by atoms with Gasteiger partial charge in [0.25, 0.3) is 0 Å². The Morgan fingerprint density at radius 1 is 0.929 bits per heavy atom. The summed E-state index contributed by atoms with van der Waals surface area (Å²) in [6.45, 7) is 3.95. The van der Waals surface area contributed by atoms with Crippen molar-refractivity contribution in [1.82, 2.24) is 10.2 Å². The molecule has 0 unspecified atom stereocenters. The maximum absolute atomic E-state index is 14.2. The second-order valence-corrected chi connectivity index (χ2v) is 13.1. The molecule has 1 atom stereocenters. The molecular formula is C31H38BrN3O6S. The van der Waals surface area contributed by atoms with E-state index >= 15 is 0 Å². The van der Waals surface area contributed by atoms with Crippen LogP contribution in [-0.4, -0.2) is 64.7 Å². The number of sulfonamides is 1. The van der Waals surface area contributed by atoms with Crippen molar-refractivity contribution in [3.63, 3.8) is 0 Å². The molecule has 0 aliphatic carbocycles. The Hall–Kier alpha value is -3.57. The number of anilines is 1. The Labute approximate surface area is 257 Å². The average Bonchev–Trinajstić information content (AvgIpc) is 2.96. The van der Waals surface area contributed by atoms with Gasteiger partial charge >= 0.3 is 0 Å². The zero-order chi connectivity index (χ0) is 30.9. The first-order valence-corrected chi connectivity index (χ1v) is 16.1. The zero-order valence-electron chi connectivity index (χ0n) is 24.5. The van der Waals surface area contributed by atoms with Crippen molar-refractivity contribution < 1.29 is 27.5 Å². The Balaban J connectivity index is 2.09. The number of ether oxygens (including phenoxy) is 2. The number of benzene rings is 3. The van der Waals surface area contributed by atoms with Gasteiger partial charge in [0, 0.05) is 30.0 Å². The highest BCUT2D eigenvalue weighted by molar-refractivity contribution is 9.10. The summed E-state index contributed by atoms with van der Waals surface area (Å²) in [6.07, 6.45) is 1.27. The highest BCUT2D eigenvalue weighted by Gasteiger charge is 2.34. The van der Waals surface area contributed by atoms with E-state index in [1.54, 1.807) is 12.1 Å². The maximum atomic E-state index is 14.2. The topological polar surface area (TPSA) is 105 Å². The molecule has 1 N–H and O–H groups in total. The van der Waals surface area contributed by atoms with E-state index in [4.69, 9.17) is 9.47 Å². The van der Waals surface area contributed by atoms with E-state index in [0.717, 1.165) is 26.2 Å². The van der Waals surface area contributed by atoms with Crippen LogP contribution in [0.1, 0.15) is 25.0 Å². The summed E-state index contributed by atoms with van der Waals surface area (Å²) in [6, 6.07) is 20.6. The van der Waals surface area contributed by atoms with Gasteiger partial charge in [-0.3, -0.25) is 13.9 Å². The summed E-state index contributed by atoms with van der Waals surface area (Å²) in [5, 5.41) is 2.97. The lowest BCUT2D eigenvalue weighted by atomic mass is 10.0. The van der Waals surface area contributed by atoms with Crippen molar-refractivity contribution in [3.8, 4) is 11.5 Å². The molecule has 0 aliphatic rings. The summed E-state index contributed by atoms with van der Waals surface area (Å²) in [5.74, 6) is 0.0320. The molecule has 0 aromatic heterocycles. The van der Waals surface area contributed by atoms with Gasteiger partial charge in [0.05, 0.1) is 26.2 Å². The first-order valence-electron chi connectivity index (χ1n) is 13.5. The fourth-order valence-electron chi connectivity index (χ4n) is 4.39. The average molecular weight is 661 g/mol. The standard InChI is InChI=1S/C31H38BrN3O6S/c1-22(2)19-33-31(37)28(17-23-10-7-6-8-11-23)34(20-24-12-9-13-25(32)16-24)30(36)21-35(42(5,38)39)27-15-14-26(40-3)18-29(27)41-4/h6-16,18,22,28H,17,19-21H2,1-5H3,(H,33,37)/t28-/m1/s1. The van der Waals surface area contributed by atoms with Crippen LogP contribution in [-0.2, 0) is 32.6 Å². The van der Waals surface area contributed by atoms with E-state index in [9.17, 15) is 18.0 Å². The van der Waals surface area contributed by atoms with Gasteiger partial charge in [-0.25, -0.2) is 8.42 Å². The molecule has 2 amide bonds. The Morgan fingerprint density at radius 3 is 2.21 bits per heavy atom. The third kappa shape index (κ3) is 9.22. The molecular weight excluding hydrogens is 622 g/mol. The van der Waals surface area contributed by atoms with Gasteiger partial charge in [0.2, 0.25) is 21.8 Å². The monoisotopic (exact) mass is 659 g/mol. The fraction of sp³-hybridized carbons (Fsp3) is 0.355. The lowest BCUT2D eigenvalue weighted by molar-refractivity contribution is -0.140. The molecule has 0 spiro atoms. The molecule has 0 radical (unpaired) electrons. The zero-order valence-corrected chi connectivity index (χ0v) is 26.9. The number of hydrogen-bond donors (Lipinski definition) is 1. The predicted octanol–water partition coefficient (Wildman–Crippen LogP) is 4.64. The third-order valence-electron chi connectivity index (χ3n) is 6.53. The highest BCUT2D eigenvalue weighted by Crippen LogP contribution is 2.34. The molecule has 3 aromatic rings. The number of nitrogens with zero attached hydrogens (tertiary/aromatic N) is 2. The van der Waals surface area contributed by atoms with Crippen molar-refractivity contribution >= 4 is 43.5 Å². The minimum absolute atomic E-state index is 0.0855. The van der Waals surface area contributed by atoms with Crippen molar-refractivity contribution in [3.05, 3.63) is 88.4 Å². The predicted molar refractivity (Wildman–Crippen MR) is 168 cm³/mol. The molecule has 42 heavy (non-hydrogen) atoms. The lowest BCUT2D eigenvalue weighted by Crippen LogP contribution is -2.53. The van der Waals surface area contributed by atoms with E-state index in [2.05, 4.69) is 21.2 Å². The molecule has 0 heterocycles. The van der Waals surface area contributed by atoms with Crippen molar-refractivity contribution in [2.45, 2.75) is 32.9 Å². The van der Waals surface area contributed by atoms with Crippen molar-refractivity contribution in [2.24, 2.45) is 5.92 Å². The summed E-state index contributed by atoms with van der Waals surface area (Å²) < 4.78 is 38.7. The molecule has 0 bridgehead atoms. The van der Waals surface area contributed by atoms with E-state index in [1.165, 1.54) is 25.2 Å². The van der Waals surface area contributed by atoms with Gasteiger partial charge in [-0.05, 0) is 41.3 Å². The van der Waals surface area contributed by atoms with E-state index < -0.39 is 28.5 Å². The quantitative estimate of drug-likeness (QED) is 0.270. The van der Waals surface area contributed by atoms with Gasteiger partial charge in [0.15, 0.2) is 0 Å². The minimum atomic E-state index is -3.95. The Bertz CT molecular complexity index is 1470. The van der Waals surface area contributed by atoms with Crippen LogP contribution >= 0.6 is 15.9 Å². The Kier molecular flexibility index (Phi) is 11.8. The molecule has 0 aliphatic heterocycles. The van der Waals surface area contributed by atoms with Gasteiger partial charge in [-0.2, -0.15) is 0 Å². The third-order valence-corrected chi connectivity index (χ3v) is 8.15. The smallest absolute Gasteiger partial charge is 0.244 e. The number of hydrogen-bond acceptors (Lipinski definition) is 6. The first-order chi connectivity index (χ1) is 19.9. The minimum Gasteiger partial charge on any atom is -0.497 e. The van der Waals surface area contributed by atoms with Gasteiger partial charge in [-0.15, -0.1) is 0 Å². The first kappa shape index (κ1) is 32.9. The molecule has 11 heteroatoms. The number of carbonyl (C=O) groups is 2. The van der Waals surface area contributed by atoms with E-state index in [1.807, 2.05) is 68.4 Å². The van der Waals surface area contributed by atoms with Gasteiger partial charge in [-0.1, -0.05) is 72.2 Å². The number of amides is 2. The van der Waals surface area contributed by atoms with Crippen LogP contribution in [0.3, 0.4) is 0 Å². The largest absolute Gasteiger partial charge is 0.497 e. The van der Waals surface area contributed by atoms with Crippen LogP contribution in [0.5, 0.6) is 11.5 Å². The summed E-state index contributed by atoms with van der Waals surface area (Å²) >= 11 is 3.48. The summed E-state index contributed by atoms with van der Waals surface area (Å²) in [4.78, 5) is 29.4. The molecule has 0 fully saturated rings. The number of methoxy groups -OCH3 is 2. The highest BCUT2D eigenvalue weighted by atomic mass is 79.9. The molecule has 0 saturated carbocycles. The van der Waals surface area contributed by atoms with E-state index in [0.29, 0.717) is 12.3 Å². The molecule has 226 valence electrons. The Morgan fingerprint density at radius 2 is 1.62 bits per heavy atom. The molecule has 9 nitrogen and oxygen atoms in total. The van der Waals surface area contributed by atoms with E-state index in [-0.39, 0.29) is 36.2 Å². The molecule has 0 saturated heterocycles. The maximum Gasteiger partial charge on any atom is 0.244 e. The second-order valence-electron chi connectivity index (χ2n) is 10.3. The SMILES string of the molecule is COc1ccc(N(CC(=O)N(Cc2cccc(Br)c2)[C@H](Cc2ccccc2)C(=O)NCC(C)C)S(C)(=O)=O)c(OC)c1. The summed E-state index contributed by atoms with van der Waals surface area (Å²) in [7, 11) is -1.05. The van der Waals surface area contributed by atoms with Crippen molar-refractivity contribution in [1.29, 1.82) is 0 Å². The van der Waals surface area contributed by atoms with Crippen LogP contribution in [0, 0.1) is 5.92 Å². The second kappa shape index (κ2) is 15.1. The normalized spacial score (nSPS) is 12.0. The molecule has 3 rings (SSSR count). The number of rotatable bonds is 14. The van der Waals surface area contributed by atoms with Crippen LogP contribution in [0.2, 0.25) is 0 Å². The molecule has 3 aromatic carbocycles. The van der Waals surface area contributed by atoms with Crippen LogP contribution in [0.4, 0.5) is 5.69 Å². The van der Waals surface area contributed by atoms with Crippen molar-refractivity contribution in [2.75, 3.05) is 37.9 Å². The van der Waals surface area contributed by atoms with Gasteiger partial charge in [0.1, 0.15) is 24.1 Å². The number of nitrogens with one attached hydrogen (secondary N) is 1.